The number of pyridine rings is 1. The smallest absolute Gasteiger partial charge is 0.224 e. The van der Waals surface area contributed by atoms with E-state index in [4.69, 9.17) is 4.74 Å². The van der Waals surface area contributed by atoms with Gasteiger partial charge in [0.15, 0.2) is 0 Å². The zero-order chi connectivity index (χ0) is 17.4. The summed E-state index contributed by atoms with van der Waals surface area (Å²) in [4.78, 5) is 9.36. The van der Waals surface area contributed by atoms with Gasteiger partial charge in [0.2, 0.25) is 5.95 Å². The summed E-state index contributed by atoms with van der Waals surface area (Å²) in [5, 5.41) is 10.5. The Kier molecular flexibility index (Phi) is 4.05. The zero-order valence-electron chi connectivity index (χ0n) is 14.0. The SMILES string of the molecule is CO[C@H]1CCCN(c2ccc(-c3cc4ccc(O)cc4[nH]3)c([18F])n2)C1. The Morgan fingerprint density at radius 1 is 1.28 bits per heavy atom. The number of aromatic amines is 1. The first-order valence-electron chi connectivity index (χ1n) is 8.40. The van der Waals surface area contributed by atoms with Gasteiger partial charge in [-0.1, -0.05) is 0 Å². The van der Waals surface area contributed by atoms with E-state index >= 15 is 0 Å². The molecule has 25 heavy (non-hydrogen) atoms. The molecule has 0 radical (unpaired) electrons. The van der Waals surface area contributed by atoms with Crippen LogP contribution in [-0.4, -0.2) is 41.4 Å². The lowest BCUT2D eigenvalue weighted by atomic mass is 10.1. The Balaban J connectivity index is 1.64. The third-order valence-corrected chi connectivity index (χ3v) is 4.77. The lowest BCUT2D eigenvalue weighted by molar-refractivity contribution is 0.0891. The highest BCUT2D eigenvalue weighted by Crippen LogP contribution is 2.29. The summed E-state index contributed by atoms with van der Waals surface area (Å²) in [7, 11) is 1.71. The number of ether oxygens (including phenoxy) is 1. The summed E-state index contributed by atoms with van der Waals surface area (Å²) < 4.78 is 20.1. The molecule has 130 valence electrons. The molecule has 0 bridgehead atoms. The summed E-state index contributed by atoms with van der Waals surface area (Å²) in [5.41, 5.74) is 1.82. The number of piperidine rings is 1. The third kappa shape index (κ3) is 3.05. The second-order valence-electron chi connectivity index (χ2n) is 6.41. The molecule has 1 saturated heterocycles. The average Bonchev–Trinajstić information content (AvgIpc) is 3.04. The fourth-order valence-electron chi connectivity index (χ4n) is 3.40. The van der Waals surface area contributed by atoms with E-state index in [1.165, 1.54) is 0 Å². The minimum absolute atomic E-state index is 0.166. The topological polar surface area (TPSA) is 61.4 Å². The van der Waals surface area contributed by atoms with Gasteiger partial charge in [0.05, 0.1) is 17.4 Å². The number of H-pyrrole nitrogens is 1. The summed E-state index contributed by atoms with van der Waals surface area (Å²) in [6, 6.07) is 10.5. The number of phenolic OH excluding ortho intramolecular Hbond substituents is 1. The van der Waals surface area contributed by atoms with Gasteiger partial charge in [-0.2, -0.15) is 4.39 Å². The molecule has 6 heteroatoms. The predicted molar refractivity (Wildman–Crippen MR) is 95.4 cm³/mol. The van der Waals surface area contributed by atoms with Crippen molar-refractivity contribution >= 4 is 16.7 Å². The quantitative estimate of drug-likeness (QED) is 0.714. The molecule has 0 spiro atoms. The molecule has 4 rings (SSSR count). The van der Waals surface area contributed by atoms with Crippen LogP contribution in [0.1, 0.15) is 12.8 Å². The number of fused-ring (bicyclic) bond motifs is 1. The van der Waals surface area contributed by atoms with Crippen LogP contribution in [0.15, 0.2) is 36.4 Å². The standard InChI is InChI=1S/C19H20FN3O2/c1-25-14-3-2-8-23(11-14)18-7-6-15(19(20)22-18)17-9-12-4-5-13(24)10-16(12)21-17/h4-7,9-10,14,21,24H,2-3,8,11H2,1H3/t14-/m0/s1/i20-1. The van der Waals surface area contributed by atoms with E-state index in [9.17, 15) is 9.50 Å². The summed E-state index contributed by atoms with van der Waals surface area (Å²) >= 11 is 0. The molecule has 0 unspecified atom stereocenters. The molecule has 0 amide bonds. The number of phenols is 1. The summed E-state index contributed by atoms with van der Waals surface area (Å²) in [6.45, 7) is 1.59. The number of hydrogen-bond donors (Lipinski definition) is 2. The summed E-state index contributed by atoms with van der Waals surface area (Å²) in [6.07, 6.45) is 2.20. The zero-order valence-corrected chi connectivity index (χ0v) is 14.0. The fourth-order valence-corrected chi connectivity index (χ4v) is 3.40. The number of aromatic nitrogens is 2. The van der Waals surface area contributed by atoms with Crippen molar-refractivity contribution in [2.75, 3.05) is 25.1 Å². The molecule has 5 nitrogen and oxygen atoms in total. The van der Waals surface area contributed by atoms with Crippen molar-refractivity contribution in [2.45, 2.75) is 18.9 Å². The van der Waals surface area contributed by atoms with E-state index in [0.29, 0.717) is 17.1 Å². The molecule has 2 N–H and O–H groups in total. The van der Waals surface area contributed by atoms with E-state index in [2.05, 4.69) is 14.9 Å². The van der Waals surface area contributed by atoms with Crippen molar-refractivity contribution in [3.63, 3.8) is 0 Å². The number of nitrogens with zero attached hydrogens (tertiary/aromatic N) is 2. The van der Waals surface area contributed by atoms with Crippen LogP contribution in [0.25, 0.3) is 22.2 Å². The maximum Gasteiger partial charge on any atom is 0.224 e. The van der Waals surface area contributed by atoms with Gasteiger partial charge < -0.3 is 19.7 Å². The number of nitrogens with one attached hydrogen (secondary N) is 1. The van der Waals surface area contributed by atoms with Crippen molar-refractivity contribution in [3.8, 4) is 17.0 Å². The highest BCUT2D eigenvalue weighted by molar-refractivity contribution is 5.86. The molecular formula is C19H20FN3O2. The van der Waals surface area contributed by atoms with Gasteiger partial charge in [0.1, 0.15) is 11.6 Å². The van der Waals surface area contributed by atoms with Gasteiger partial charge in [-0.05, 0) is 43.2 Å². The van der Waals surface area contributed by atoms with Crippen LogP contribution in [-0.2, 0) is 4.74 Å². The van der Waals surface area contributed by atoms with Gasteiger partial charge in [-0.3, -0.25) is 0 Å². The molecule has 2 aromatic heterocycles. The predicted octanol–water partition coefficient (Wildman–Crippen LogP) is 3.69. The van der Waals surface area contributed by atoms with Gasteiger partial charge in [0, 0.05) is 37.2 Å². The van der Waals surface area contributed by atoms with E-state index in [-0.39, 0.29) is 11.9 Å². The van der Waals surface area contributed by atoms with Crippen molar-refractivity contribution < 1.29 is 14.2 Å². The molecule has 1 aromatic carbocycles. The molecule has 3 heterocycles. The van der Waals surface area contributed by atoms with E-state index < -0.39 is 5.95 Å². The first kappa shape index (κ1) is 15.9. The van der Waals surface area contributed by atoms with Crippen molar-refractivity contribution in [3.05, 3.63) is 42.3 Å². The lowest BCUT2D eigenvalue weighted by Crippen LogP contribution is -2.39. The van der Waals surface area contributed by atoms with Crippen LogP contribution < -0.4 is 4.90 Å². The van der Waals surface area contributed by atoms with Crippen LogP contribution in [0.5, 0.6) is 5.75 Å². The van der Waals surface area contributed by atoms with Crippen LogP contribution in [0.3, 0.4) is 0 Å². The van der Waals surface area contributed by atoms with Gasteiger partial charge in [0.25, 0.3) is 0 Å². The first-order valence-corrected chi connectivity index (χ1v) is 8.40. The molecule has 0 aliphatic carbocycles. The minimum Gasteiger partial charge on any atom is -0.508 e. The molecule has 1 aliphatic heterocycles. The number of halogens is 1. The van der Waals surface area contributed by atoms with Gasteiger partial charge in [-0.15, -0.1) is 0 Å². The number of anilines is 1. The Labute approximate surface area is 145 Å². The molecule has 1 fully saturated rings. The second-order valence-corrected chi connectivity index (χ2v) is 6.41. The highest BCUT2D eigenvalue weighted by atomic mass is 18.2. The van der Waals surface area contributed by atoms with Crippen LogP contribution >= 0.6 is 0 Å². The third-order valence-electron chi connectivity index (χ3n) is 4.77. The van der Waals surface area contributed by atoms with E-state index in [1.54, 1.807) is 31.4 Å². The molecule has 0 saturated carbocycles. The Hall–Kier alpha value is -2.60. The monoisotopic (exact) mass is 340 g/mol. The number of rotatable bonds is 3. The molecule has 3 aromatic rings. The molecular weight excluding hydrogens is 320 g/mol. The van der Waals surface area contributed by atoms with Crippen molar-refractivity contribution in [2.24, 2.45) is 0 Å². The minimum atomic E-state index is -0.507. The maximum atomic E-state index is 14.6. The van der Waals surface area contributed by atoms with Crippen LogP contribution in [0, 0.1) is 5.95 Å². The number of methoxy groups -OCH3 is 1. The van der Waals surface area contributed by atoms with E-state index in [1.807, 2.05) is 12.1 Å². The largest absolute Gasteiger partial charge is 0.508 e. The van der Waals surface area contributed by atoms with Gasteiger partial charge in [-0.25, -0.2) is 4.98 Å². The van der Waals surface area contributed by atoms with Crippen LogP contribution in [0.4, 0.5) is 10.2 Å². The normalized spacial score (nSPS) is 18.0. The van der Waals surface area contributed by atoms with Crippen molar-refractivity contribution in [1.29, 1.82) is 0 Å². The number of benzene rings is 1. The number of hydrogen-bond acceptors (Lipinski definition) is 4. The highest BCUT2D eigenvalue weighted by Gasteiger charge is 2.21. The van der Waals surface area contributed by atoms with E-state index in [0.717, 1.165) is 36.8 Å². The fraction of sp³-hybridized carbons (Fsp3) is 0.316. The Morgan fingerprint density at radius 3 is 2.96 bits per heavy atom. The average molecular weight is 340 g/mol. The lowest BCUT2D eigenvalue weighted by Gasteiger charge is -2.32. The Morgan fingerprint density at radius 2 is 2.16 bits per heavy atom. The number of aromatic hydroxyl groups is 1. The summed E-state index contributed by atoms with van der Waals surface area (Å²) in [5.74, 6) is 0.303. The first-order chi connectivity index (χ1) is 12.1. The van der Waals surface area contributed by atoms with Crippen molar-refractivity contribution in [1.82, 2.24) is 9.97 Å². The molecule has 1 aliphatic rings. The molecule has 1 atom stereocenters. The van der Waals surface area contributed by atoms with Crippen LogP contribution in [0.2, 0.25) is 0 Å². The van der Waals surface area contributed by atoms with Gasteiger partial charge >= 0.3 is 0 Å². The maximum absolute atomic E-state index is 14.6. The second kappa shape index (κ2) is 6.37. The Bertz CT molecular complexity index is 909.